The van der Waals surface area contributed by atoms with Crippen LogP contribution in [0.15, 0.2) is 48.5 Å². The van der Waals surface area contributed by atoms with E-state index in [1.807, 2.05) is 6.07 Å². The summed E-state index contributed by atoms with van der Waals surface area (Å²) >= 11 is 0. The van der Waals surface area contributed by atoms with Gasteiger partial charge in [0.05, 0.1) is 12.7 Å². The number of benzene rings is 2. The monoisotopic (exact) mass is 260 g/mol. The maximum absolute atomic E-state index is 13.8. The summed E-state index contributed by atoms with van der Waals surface area (Å²) in [6.45, 7) is -0.214. The van der Waals surface area contributed by atoms with Crippen molar-refractivity contribution >= 4 is 5.78 Å². The van der Waals surface area contributed by atoms with Gasteiger partial charge in [-0.1, -0.05) is 24.3 Å². The predicted octanol–water partition coefficient (Wildman–Crippen LogP) is 3.10. The minimum absolute atomic E-state index is 0.0321. The Labute approximate surface area is 110 Å². The molecule has 98 valence electrons. The van der Waals surface area contributed by atoms with Crippen LogP contribution in [0, 0.1) is 5.82 Å². The fourth-order valence-electron chi connectivity index (χ4n) is 1.63. The van der Waals surface area contributed by atoms with Crippen molar-refractivity contribution in [3.63, 3.8) is 0 Å². The number of ether oxygens (including phenoxy) is 2. The highest BCUT2D eigenvalue weighted by molar-refractivity contribution is 5.97. The second-order valence-electron chi connectivity index (χ2n) is 3.85. The average molecular weight is 260 g/mol. The highest BCUT2D eigenvalue weighted by Gasteiger charge is 2.15. The van der Waals surface area contributed by atoms with Crippen LogP contribution in [0.2, 0.25) is 0 Å². The van der Waals surface area contributed by atoms with Crippen molar-refractivity contribution in [3.8, 4) is 11.5 Å². The number of halogens is 1. The fraction of sp³-hybridized carbons (Fsp3) is 0.133. The van der Waals surface area contributed by atoms with E-state index in [1.165, 1.54) is 19.2 Å². The molecule has 0 unspecified atom stereocenters. The molecule has 0 radical (unpaired) electrons. The summed E-state index contributed by atoms with van der Waals surface area (Å²) in [6.07, 6.45) is 0. The molecule has 0 amide bonds. The molecule has 0 saturated carbocycles. The third-order valence-corrected chi connectivity index (χ3v) is 2.60. The standard InChI is InChI=1S/C15H13FO3/c1-18-14-9-5-8-12(15(14)16)13(17)10-19-11-6-3-2-4-7-11/h2-9H,10H2,1H3. The number of hydrogen-bond donors (Lipinski definition) is 0. The molecule has 0 spiro atoms. The van der Waals surface area contributed by atoms with Gasteiger partial charge in [-0.25, -0.2) is 4.39 Å². The van der Waals surface area contributed by atoms with Crippen LogP contribution < -0.4 is 9.47 Å². The Morgan fingerprint density at radius 1 is 1.11 bits per heavy atom. The summed E-state index contributed by atoms with van der Waals surface area (Å²) in [5, 5.41) is 0. The molecule has 0 N–H and O–H groups in total. The molecule has 0 aliphatic carbocycles. The molecule has 0 heterocycles. The third-order valence-electron chi connectivity index (χ3n) is 2.60. The van der Waals surface area contributed by atoms with E-state index in [0.29, 0.717) is 5.75 Å². The molecule has 0 bridgehead atoms. The molecule has 2 aromatic carbocycles. The first-order valence-electron chi connectivity index (χ1n) is 5.76. The number of carbonyl (C=O) groups excluding carboxylic acids is 1. The quantitative estimate of drug-likeness (QED) is 0.775. The Morgan fingerprint density at radius 2 is 1.84 bits per heavy atom. The Hall–Kier alpha value is -2.36. The number of methoxy groups -OCH3 is 1. The van der Waals surface area contributed by atoms with Crippen molar-refractivity contribution in [2.24, 2.45) is 0 Å². The van der Waals surface area contributed by atoms with Crippen LogP contribution in [0.5, 0.6) is 11.5 Å². The van der Waals surface area contributed by atoms with Crippen molar-refractivity contribution in [1.29, 1.82) is 0 Å². The van der Waals surface area contributed by atoms with Crippen molar-refractivity contribution in [1.82, 2.24) is 0 Å². The first kappa shape index (κ1) is 13.1. The van der Waals surface area contributed by atoms with Crippen LogP contribution in [0.4, 0.5) is 4.39 Å². The molecule has 19 heavy (non-hydrogen) atoms. The van der Waals surface area contributed by atoms with Crippen LogP contribution in [-0.4, -0.2) is 19.5 Å². The second kappa shape index (κ2) is 6.00. The molecule has 0 aromatic heterocycles. The number of rotatable bonds is 5. The van der Waals surface area contributed by atoms with Gasteiger partial charge in [0.1, 0.15) is 5.75 Å². The maximum Gasteiger partial charge on any atom is 0.203 e. The van der Waals surface area contributed by atoms with Gasteiger partial charge in [-0.3, -0.25) is 4.79 Å². The second-order valence-corrected chi connectivity index (χ2v) is 3.85. The molecule has 0 atom stereocenters. The number of Topliss-reactive ketones (excluding diaryl/α,β-unsaturated/α-hetero) is 1. The number of carbonyl (C=O) groups is 1. The summed E-state index contributed by atoms with van der Waals surface area (Å²) < 4.78 is 24.0. The molecule has 3 nitrogen and oxygen atoms in total. The zero-order valence-electron chi connectivity index (χ0n) is 10.4. The van der Waals surface area contributed by atoms with Gasteiger partial charge < -0.3 is 9.47 Å². The lowest BCUT2D eigenvalue weighted by atomic mass is 10.1. The molecule has 0 saturated heterocycles. The lowest BCUT2D eigenvalue weighted by Gasteiger charge is -2.08. The minimum Gasteiger partial charge on any atom is -0.494 e. The molecule has 0 aliphatic rings. The lowest BCUT2D eigenvalue weighted by molar-refractivity contribution is 0.0916. The maximum atomic E-state index is 13.8. The van der Waals surface area contributed by atoms with Crippen LogP contribution >= 0.6 is 0 Å². The van der Waals surface area contributed by atoms with Crippen molar-refractivity contribution in [3.05, 3.63) is 59.9 Å². The molecule has 2 aromatic rings. The smallest absolute Gasteiger partial charge is 0.203 e. The number of ketones is 1. The van der Waals surface area contributed by atoms with E-state index in [4.69, 9.17) is 9.47 Å². The van der Waals surface area contributed by atoms with Crippen LogP contribution in [0.25, 0.3) is 0 Å². The topological polar surface area (TPSA) is 35.5 Å². The zero-order valence-corrected chi connectivity index (χ0v) is 10.4. The van der Waals surface area contributed by atoms with Gasteiger partial charge in [0.25, 0.3) is 0 Å². The van der Waals surface area contributed by atoms with Gasteiger partial charge >= 0.3 is 0 Å². The highest BCUT2D eigenvalue weighted by Crippen LogP contribution is 2.20. The van der Waals surface area contributed by atoms with E-state index in [9.17, 15) is 9.18 Å². The summed E-state index contributed by atoms with van der Waals surface area (Å²) in [5.41, 5.74) is -0.0321. The molecular formula is C15H13FO3. The normalized spacial score (nSPS) is 10.0. The lowest BCUT2D eigenvalue weighted by Crippen LogP contribution is -2.13. The van der Waals surface area contributed by atoms with Crippen molar-refractivity contribution in [2.45, 2.75) is 0 Å². The summed E-state index contributed by atoms with van der Waals surface area (Å²) in [4.78, 5) is 11.9. The van der Waals surface area contributed by atoms with Crippen LogP contribution in [0.1, 0.15) is 10.4 Å². The number of hydrogen-bond acceptors (Lipinski definition) is 3. The van der Waals surface area contributed by atoms with Gasteiger partial charge in [-0.2, -0.15) is 0 Å². The largest absolute Gasteiger partial charge is 0.494 e. The Kier molecular flexibility index (Phi) is 4.13. The SMILES string of the molecule is COc1cccc(C(=O)COc2ccccc2)c1F. The summed E-state index contributed by atoms with van der Waals surface area (Å²) in [7, 11) is 1.35. The molecular weight excluding hydrogens is 247 g/mol. The molecule has 2 rings (SSSR count). The van der Waals surface area contributed by atoms with E-state index in [2.05, 4.69) is 0 Å². The summed E-state index contributed by atoms with van der Waals surface area (Å²) in [5.74, 6) is -0.475. The van der Waals surface area contributed by atoms with Crippen molar-refractivity contribution in [2.75, 3.05) is 13.7 Å². The molecule has 0 aliphatic heterocycles. The van der Waals surface area contributed by atoms with E-state index in [-0.39, 0.29) is 17.9 Å². The molecule has 4 heteroatoms. The minimum atomic E-state index is -0.660. The number of para-hydroxylation sites is 1. The average Bonchev–Trinajstić information content (AvgIpc) is 2.46. The van der Waals surface area contributed by atoms with Gasteiger partial charge in [-0.05, 0) is 24.3 Å². The third kappa shape index (κ3) is 3.10. The first-order valence-corrected chi connectivity index (χ1v) is 5.76. The van der Waals surface area contributed by atoms with Gasteiger partial charge in [0, 0.05) is 0 Å². The van der Waals surface area contributed by atoms with Gasteiger partial charge in [0.15, 0.2) is 18.2 Å². The van der Waals surface area contributed by atoms with E-state index in [1.54, 1.807) is 30.3 Å². The Morgan fingerprint density at radius 3 is 2.53 bits per heavy atom. The van der Waals surface area contributed by atoms with Gasteiger partial charge in [0.2, 0.25) is 5.78 Å². The van der Waals surface area contributed by atoms with Crippen LogP contribution in [-0.2, 0) is 0 Å². The van der Waals surface area contributed by atoms with Crippen LogP contribution in [0.3, 0.4) is 0 Å². The first-order chi connectivity index (χ1) is 9.22. The van der Waals surface area contributed by atoms with E-state index < -0.39 is 11.6 Å². The Bertz CT molecular complexity index is 567. The van der Waals surface area contributed by atoms with Gasteiger partial charge in [-0.15, -0.1) is 0 Å². The van der Waals surface area contributed by atoms with E-state index in [0.717, 1.165) is 0 Å². The highest BCUT2D eigenvalue weighted by atomic mass is 19.1. The fourth-order valence-corrected chi connectivity index (χ4v) is 1.63. The van der Waals surface area contributed by atoms with Crippen molar-refractivity contribution < 1.29 is 18.7 Å². The molecule has 0 fully saturated rings. The Balaban J connectivity index is 2.08. The predicted molar refractivity (Wildman–Crippen MR) is 69.2 cm³/mol. The van der Waals surface area contributed by atoms with E-state index >= 15 is 0 Å². The summed E-state index contributed by atoms with van der Waals surface area (Å²) in [6, 6.07) is 13.3. The zero-order chi connectivity index (χ0) is 13.7.